The number of amidine groups is 1. The van der Waals surface area contributed by atoms with Gasteiger partial charge in [-0.25, -0.2) is 9.59 Å². The molecule has 0 aliphatic carbocycles. The fourth-order valence-electron chi connectivity index (χ4n) is 2.98. The van der Waals surface area contributed by atoms with Crippen molar-refractivity contribution < 1.29 is 19.4 Å². The van der Waals surface area contributed by atoms with Crippen LogP contribution >= 0.6 is 12.4 Å². The number of ether oxygens (including phenoxy) is 1. The Hall–Kier alpha value is -2.28. The molecule has 8 heteroatoms. The molecule has 1 aromatic carbocycles. The molecule has 27 heavy (non-hydrogen) atoms. The Morgan fingerprint density at radius 2 is 2.04 bits per heavy atom. The molecule has 1 aliphatic rings. The number of aliphatic imine (C=N–C) groups is 1. The number of nitrogens with one attached hydrogen (secondary N) is 1. The van der Waals surface area contributed by atoms with Crippen molar-refractivity contribution in [1.82, 2.24) is 5.32 Å². The number of halogens is 1. The van der Waals surface area contributed by atoms with Crippen LogP contribution in [-0.2, 0) is 16.1 Å². The van der Waals surface area contributed by atoms with Crippen molar-refractivity contribution in [1.29, 1.82) is 0 Å². The van der Waals surface area contributed by atoms with E-state index in [0.717, 1.165) is 37.7 Å². The summed E-state index contributed by atoms with van der Waals surface area (Å²) in [5.41, 5.74) is 6.68. The summed E-state index contributed by atoms with van der Waals surface area (Å²) in [5.74, 6) is -0.379. The first-order valence-corrected chi connectivity index (χ1v) is 9.07. The van der Waals surface area contributed by atoms with Crippen LogP contribution in [0.15, 0.2) is 35.3 Å². The Bertz CT molecular complexity index is 625. The molecule has 1 heterocycles. The number of amides is 1. The molecule has 0 saturated carbocycles. The molecule has 0 spiro atoms. The molecule has 2 rings (SSSR count). The Morgan fingerprint density at radius 3 is 2.74 bits per heavy atom. The maximum absolute atomic E-state index is 11.8. The van der Waals surface area contributed by atoms with Gasteiger partial charge in [-0.05, 0) is 37.7 Å². The van der Waals surface area contributed by atoms with Crippen molar-refractivity contribution in [3.8, 4) is 0 Å². The Morgan fingerprint density at radius 1 is 1.30 bits per heavy atom. The molecule has 2 unspecified atom stereocenters. The van der Waals surface area contributed by atoms with Crippen LogP contribution in [0, 0.1) is 0 Å². The van der Waals surface area contributed by atoms with Crippen LogP contribution in [0.3, 0.4) is 0 Å². The van der Waals surface area contributed by atoms with Crippen LogP contribution < -0.4 is 11.1 Å². The molecular formula is C19H28ClN3O4. The van der Waals surface area contributed by atoms with E-state index in [1.54, 1.807) is 0 Å². The molecule has 2 atom stereocenters. The van der Waals surface area contributed by atoms with Gasteiger partial charge in [-0.3, -0.25) is 4.99 Å². The predicted octanol–water partition coefficient (Wildman–Crippen LogP) is 3.26. The third-order valence-corrected chi connectivity index (χ3v) is 4.40. The van der Waals surface area contributed by atoms with Crippen molar-refractivity contribution in [3.63, 3.8) is 0 Å². The molecule has 1 aromatic rings. The summed E-state index contributed by atoms with van der Waals surface area (Å²) < 4.78 is 5.08. The Balaban J connectivity index is 0.00000364. The van der Waals surface area contributed by atoms with Gasteiger partial charge in [0.25, 0.3) is 0 Å². The Kier molecular flexibility index (Phi) is 10.3. The van der Waals surface area contributed by atoms with E-state index >= 15 is 0 Å². The van der Waals surface area contributed by atoms with E-state index in [1.165, 1.54) is 0 Å². The fraction of sp³-hybridized carbons (Fsp3) is 0.526. The zero-order chi connectivity index (χ0) is 18.8. The number of carboxylic acid groups (broad SMARTS) is 1. The highest BCUT2D eigenvalue weighted by Crippen LogP contribution is 2.18. The quantitative estimate of drug-likeness (QED) is 0.622. The molecule has 0 fully saturated rings. The number of aliphatic carboxylic acids is 1. The number of alkyl carbamates (subject to hydrolysis) is 1. The fourth-order valence-corrected chi connectivity index (χ4v) is 2.98. The largest absolute Gasteiger partial charge is 0.480 e. The summed E-state index contributed by atoms with van der Waals surface area (Å²) in [4.78, 5) is 27.7. The van der Waals surface area contributed by atoms with Gasteiger partial charge in [-0.1, -0.05) is 36.8 Å². The van der Waals surface area contributed by atoms with E-state index in [9.17, 15) is 14.7 Å². The highest BCUT2D eigenvalue weighted by atomic mass is 35.5. The van der Waals surface area contributed by atoms with Gasteiger partial charge in [0.15, 0.2) is 0 Å². The number of hydrogen-bond acceptors (Lipinski definition) is 5. The minimum Gasteiger partial charge on any atom is -0.480 e. The number of nitrogens with two attached hydrogens (primary N) is 1. The smallest absolute Gasteiger partial charge is 0.408 e. The molecule has 7 nitrogen and oxygen atoms in total. The van der Waals surface area contributed by atoms with E-state index in [2.05, 4.69) is 10.3 Å². The highest BCUT2D eigenvalue weighted by Gasteiger charge is 2.21. The van der Waals surface area contributed by atoms with Crippen molar-refractivity contribution in [3.05, 3.63) is 35.9 Å². The zero-order valence-corrected chi connectivity index (χ0v) is 16.1. The van der Waals surface area contributed by atoms with Crippen molar-refractivity contribution in [2.45, 2.75) is 63.6 Å². The second-order valence-corrected chi connectivity index (χ2v) is 6.55. The third-order valence-electron chi connectivity index (χ3n) is 4.40. The van der Waals surface area contributed by atoms with Gasteiger partial charge in [0.1, 0.15) is 12.6 Å². The van der Waals surface area contributed by atoms with E-state index in [4.69, 9.17) is 10.5 Å². The van der Waals surface area contributed by atoms with Gasteiger partial charge in [-0.2, -0.15) is 0 Å². The normalized spacial score (nSPS) is 17.6. The molecular weight excluding hydrogens is 370 g/mol. The number of hydrogen-bond donors (Lipinski definition) is 3. The van der Waals surface area contributed by atoms with Crippen molar-refractivity contribution >= 4 is 30.3 Å². The minimum absolute atomic E-state index is 0. The number of carboxylic acids is 1. The van der Waals surface area contributed by atoms with Gasteiger partial charge >= 0.3 is 12.1 Å². The lowest BCUT2D eigenvalue weighted by atomic mass is 10.0. The van der Waals surface area contributed by atoms with E-state index in [1.807, 2.05) is 30.3 Å². The maximum atomic E-state index is 11.8. The molecule has 0 radical (unpaired) electrons. The van der Waals surface area contributed by atoms with Crippen LogP contribution in [0.25, 0.3) is 0 Å². The van der Waals surface area contributed by atoms with Gasteiger partial charge < -0.3 is 20.9 Å². The summed E-state index contributed by atoms with van der Waals surface area (Å²) >= 11 is 0. The van der Waals surface area contributed by atoms with Gasteiger partial charge in [0, 0.05) is 6.42 Å². The third kappa shape index (κ3) is 8.77. The lowest BCUT2D eigenvalue weighted by Crippen LogP contribution is -2.41. The van der Waals surface area contributed by atoms with E-state index < -0.39 is 18.1 Å². The summed E-state index contributed by atoms with van der Waals surface area (Å²) in [6.45, 7) is 0.106. The van der Waals surface area contributed by atoms with Crippen molar-refractivity contribution in [2.75, 3.05) is 0 Å². The van der Waals surface area contributed by atoms with E-state index in [-0.39, 0.29) is 25.1 Å². The first-order valence-electron chi connectivity index (χ1n) is 9.07. The van der Waals surface area contributed by atoms with E-state index in [0.29, 0.717) is 18.7 Å². The van der Waals surface area contributed by atoms with Crippen LogP contribution in [-0.4, -0.2) is 35.1 Å². The molecule has 1 aliphatic heterocycles. The summed E-state index contributed by atoms with van der Waals surface area (Å²) in [5, 5.41) is 11.7. The number of carbonyl (C=O) groups is 2. The SMILES string of the molecule is Cl.NC1=NC(CCCC(NC(=O)OCc2ccccc2)C(=O)O)CCCC1. The summed E-state index contributed by atoms with van der Waals surface area (Å²) in [6, 6.07) is 8.42. The first-order chi connectivity index (χ1) is 12.5. The lowest BCUT2D eigenvalue weighted by Gasteiger charge is -2.16. The monoisotopic (exact) mass is 397 g/mol. The first kappa shape index (κ1) is 22.8. The molecule has 0 aromatic heterocycles. The summed E-state index contributed by atoms with van der Waals surface area (Å²) in [6.07, 6.45) is 4.98. The predicted molar refractivity (Wildman–Crippen MR) is 106 cm³/mol. The number of nitrogens with zero attached hydrogens (tertiary/aromatic N) is 1. The molecule has 150 valence electrons. The molecule has 0 bridgehead atoms. The lowest BCUT2D eigenvalue weighted by molar-refractivity contribution is -0.139. The molecule has 4 N–H and O–H groups in total. The highest BCUT2D eigenvalue weighted by molar-refractivity contribution is 5.85. The summed E-state index contributed by atoms with van der Waals surface area (Å²) in [7, 11) is 0. The standard InChI is InChI=1S/C19H27N3O4.ClH/c20-17-12-5-4-9-15(21-17)10-6-11-16(18(23)24)22-19(25)26-13-14-7-2-1-3-8-14;/h1-3,7-8,15-16H,4-6,9-13H2,(H2,20,21)(H,22,25)(H,23,24);1H. The topological polar surface area (TPSA) is 114 Å². The average Bonchev–Trinajstić information content (AvgIpc) is 2.84. The number of carbonyl (C=O) groups excluding carboxylic acids is 1. The average molecular weight is 398 g/mol. The number of benzene rings is 1. The minimum atomic E-state index is -1.06. The molecule has 1 amide bonds. The maximum Gasteiger partial charge on any atom is 0.408 e. The van der Waals surface area contributed by atoms with Gasteiger partial charge in [0.05, 0.1) is 11.9 Å². The second kappa shape index (κ2) is 12.2. The molecule has 0 saturated heterocycles. The van der Waals surface area contributed by atoms with Gasteiger partial charge in [0.2, 0.25) is 0 Å². The number of rotatable bonds is 8. The van der Waals surface area contributed by atoms with Gasteiger partial charge in [-0.15, -0.1) is 12.4 Å². The van der Waals surface area contributed by atoms with Crippen LogP contribution in [0.1, 0.15) is 50.5 Å². The van der Waals surface area contributed by atoms with Crippen LogP contribution in [0.2, 0.25) is 0 Å². The van der Waals surface area contributed by atoms with Crippen LogP contribution in [0.4, 0.5) is 4.79 Å². The second-order valence-electron chi connectivity index (χ2n) is 6.55. The van der Waals surface area contributed by atoms with Crippen molar-refractivity contribution in [2.24, 2.45) is 10.7 Å². The Labute approximate surface area is 165 Å². The zero-order valence-electron chi connectivity index (χ0n) is 15.3. The van der Waals surface area contributed by atoms with Crippen LogP contribution in [0.5, 0.6) is 0 Å².